The first-order valence-corrected chi connectivity index (χ1v) is 6.79. The summed E-state index contributed by atoms with van der Waals surface area (Å²) in [6.45, 7) is 0. The summed E-state index contributed by atoms with van der Waals surface area (Å²) in [5.74, 6) is -0.653. The molecule has 0 N–H and O–H groups in total. The number of fused-ring (bicyclic) bond motifs is 4. The van der Waals surface area contributed by atoms with Crippen molar-refractivity contribution in [3.63, 3.8) is 0 Å². The molecule has 0 atom stereocenters. The molecule has 4 rings (SSSR count). The Bertz CT molecular complexity index is 927. The predicted octanol–water partition coefficient (Wildman–Crippen LogP) is 3.59. The minimum Gasteiger partial charge on any atom is -0.419 e. The molecule has 4 nitrogen and oxygen atoms in total. The summed E-state index contributed by atoms with van der Waals surface area (Å²) in [6, 6.07) is 17.3. The van der Waals surface area contributed by atoms with Crippen LogP contribution < -0.4 is 9.47 Å². The normalized spacial score (nSPS) is 13.5. The Morgan fingerprint density at radius 1 is 0.636 bits per heavy atom. The number of esters is 2. The van der Waals surface area contributed by atoms with Gasteiger partial charge in [0.2, 0.25) is 0 Å². The van der Waals surface area contributed by atoms with Crippen molar-refractivity contribution < 1.29 is 19.1 Å². The van der Waals surface area contributed by atoms with Crippen molar-refractivity contribution in [2.24, 2.45) is 0 Å². The highest BCUT2D eigenvalue weighted by molar-refractivity contribution is 6.14. The fraction of sp³-hybridized carbons (Fsp3) is 0. The SMILES string of the molecule is O=C1Oc2ccccc2OC(=O)c2c1ccc1ccccc21. The first-order chi connectivity index (χ1) is 10.7. The van der Waals surface area contributed by atoms with Gasteiger partial charge in [-0.2, -0.15) is 0 Å². The summed E-state index contributed by atoms with van der Waals surface area (Å²) in [6.07, 6.45) is 0. The molecule has 1 aliphatic rings. The van der Waals surface area contributed by atoms with Crippen LogP contribution in [0.4, 0.5) is 0 Å². The van der Waals surface area contributed by atoms with Gasteiger partial charge >= 0.3 is 11.9 Å². The van der Waals surface area contributed by atoms with Crippen molar-refractivity contribution in [3.8, 4) is 11.5 Å². The van der Waals surface area contributed by atoms with Gasteiger partial charge in [-0.3, -0.25) is 0 Å². The molecule has 106 valence electrons. The van der Waals surface area contributed by atoms with E-state index in [0.29, 0.717) is 5.39 Å². The summed E-state index contributed by atoms with van der Waals surface area (Å²) in [4.78, 5) is 24.9. The third-order valence-corrected chi connectivity index (χ3v) is 3.61. The van der Waals surface area contributed by atoms with Gasteiger partial charge in [0, 0.05) is 0 Å². The summed E-state index contributed by atoms with van der Waals surface area (Å²) in [7, 11) is 0. The van der Waals surface area contributed by atoms with Gasteiger partial charge in [0.25, 0.3) is 0 Å². The molecule has 0 aromatic heterocycles. The van der Waals surface area contributed by atoms with Crippen LogP contribution in [0.1, 0.15) is 20.7 Å². The van der Waals surface area contributed by atoms with E-state index in [4.69, 9.17) is 9.47 Å². The lowest BCUT2D eigenvalue weighted by Crippen LogP contribution is -2.21. The van der Waals surface area contributed by atoms with Crippen LogP contribution in [-0.4, -0.2) is 11.9 Å². The average Bonchev–Trinajstić information content (AvgIpc) is 2.54. The van der Waals surface area contributed by atoms with E-state index in [0.717, 1.165) is 5.39 Å². The number of para-hydroxylation sites is 2. The first-order valence-electron chi connectivity index (χ1n) is 6.79. The largest absolute Gasteiger partial charge is 0.419 e. The number of hydrogen-bond donors (Lipinski definition) is 0. The fourth-order valence-corrected chi connectivity index (χ4v) is 2.59. The molecule has 0 amide bonds. The Balaban J connectivity index is 1.99. The number of hydrogen-bond acceptors (Lipinski definition) is 4. The van der Waals surface area contributed by atoms with Crippen LogP contribution in [0.2, 0.25) is 0 Å². The average molecular weight is 290 g/mol. The van der Waals surface area contributed by atoms with Crippen molar-refractivity contribution in [2.75, 3.05) is 0 Å². The zero-order valence-corrected chi connectivity index (χ0v) is 11.4. The molecule has 3 aromatic carbocycles. The topological polar surface area (TPSA) is 52.6 Å². The third kappa shape index (κ3) is 1.85. The van der Waals surface area contributed by atoms with Crippen molar-refractivity contribution in [3.05, 3.63) is 71.8 Å². The van der Waals surface area contributed by atoms with E-state index in [1.807, 2.05) is 18.2 Å². The van der Waals surface area contributed by atoms with Crippen LogP contribution in [0.3, 0.4) is 0 Å². The Morgan fingerprint density at radius 2 is 1.27 bits per heavy atom. The molecule has 0 radical (unpaired) electrons. The van der Waals surface area contributed by atoms with E-state index >= 15 is 0 Å². The van der Waals surface area contributed by atoms with Gasteiger partial charge in [-0.15, -0.1) is 0 Å². The number of carbonyl (C=O) groups excluding carboxylic acids is 2. The van der Waals surface area contributed by atoms with Gasteiger partial charge in [0.15, 0.2) is 11.5 Å². The summed E-state index contributed by atoms with van der Waals surface area (Å²) < 4.78 is 10.7. The molecule has 4 heteroatoms. The zero-order valence-electron chi connectivity index (χ0n) is 11.4. The Labute approximate surface area is 125 Å². The van der Waals surface area contributed by atoms with E-state index in [1.54, 1.807) is 42.5 Å². The van der Waals surface area contributed by atoms with Crippen molar-refractivity contribution in [1.82, 2.24) is 0 Å². The van der Waals surface area contributed by atoms with Crippen molar-refractivity contribution in [1.29, 1.82) is 0 Å². The molecular weight excluding hydrogens is 280 g/mol. The number of carbonyl (C=O) groups is 2. The van der Waals surface area contributed by atoms with E-state index in [9.17, 15) is 9.59 Å². The number of rotatable bonds is 0. The van der Waals surface area contributed by atoms with Gasteiger partial charge in [0.1, 0.15) is 0 Å². The third-order valence-electron chi connectivity index (χ3n) is 3.61. The summed E-state index contributed by atoms with van der Waals surface area (Å²) in [5.41, 5.74) is 0.441. The minimum absolute atomic E-state index is 0.207. The zero-order chi connectivity index (χ0) is 15.1. The predicted molar refractivity (Wildman–Crippen MR) is 80.3 cm³/mol. The molecule has 0 spiro atoms. The van der Waals surface area contributed by atoms with Crippen molar-refractivity contribution in [2.45, 2.75) is 0 Å². The highest BCUT2D eigenvalue weighted by Crippen LogP contribution is 2.33. The van der Waals surface area contributed by atoms with Crippen LogP contribution in [0, 0.1) is 0 Å². The lowest BCUT2D eigenvalue weighted by molar-refractivity contribution is 0.0650. The summed E-state index contributed by atoms with van der Waals surface area (Å²) in [5, 5.41) is 1.53. The minimum atomic E-state index is -0.565. The molecule has 0 unspecified atom stereocenters. The van der Waals surface area contributed by atoms with Gasteiger partial charge in [-0.05, 0) is 29.0 Å². The van der Waals surface area contributed by atoms with E-state index in [2.05, 4.69) is 0 Å². The molecule has 1 aliphatic heterocycles. The standard InChI is InChI=1S/C18H10O4/c19-17-13-10-9-11-5-1-2-6-12(11)16(13)18(20)22-15-8-4-3-7-14(15)21-17/h1-10H. The van der Waals surface area contributed by atoms with Crippen LogP contribution in [-0.2, 0) is 0 Å². The molecule has 3 aromatic rings. The second-order valence-corrected chi connectivity index (χ2v) is 4.94. The van der Waals surface area contributed by atoms with Gasteiger partial charge in [-0.1, -0.05) is 42.5 Å². The second-order valence-electron chi connectivity index (χ2n) is 4.94. The van der Waals surface area contributed by atoms with E-state index in [-0.39, 0.29) is 22.6 Å². The quantitative estimate of drug-likeness (QED) is 0.469. The molecule has 22 heavy (non-hydrogen) atoms. The van der Waals surface area contributed by atoms with Crippen LogP contribution in [0.15, 0.2) is 60.7 Å². The molecule has 0 aliphatic carbocycles. The highest BCUT2D eigenvalue weighted by atomic mass is 16.6. The van der Waals surface area contributed by atoms with Crippen LogP contribution >= 0.6 is 0 Å². The smallest absolute Gasteiger partial charge is 0.345 e. The van der Waals surface area contributed by atoms with Crippen LogP contribution in [0.25, 0.3) is 10.8 Å². The van der Waals surface area contributed by atoms with Crippen molar-refractivity contribution >= 4 is 22.7 Å². The maximum absolute atomic E-state index is 12.6. The second kappa shape index (κ2) is 4.70. The molecule has 0 saturated carbocycles. The molecule has 0 saturated heterocycles. The lowest BCUT2D eigenvalue weighted by atomic mass is 9.98. The number of benzene rings is 3. The fourth-order valence-electron chi connectivity index (χ4n) is 2.59. The Morgan fingerprint density at radius 3 is 2.05 bits per heavy atom. The van der Waals surface area contributed by atoms with Gasteiger partial charge in [-0.25, -0.2) is 9.59 Å². The summed E-state index contributed by atoms with van der Waals surface area (Å²) >= 11 is 0. The van der Waals surface area contributed by atoms with E-state index in [1.165, 1.54) is 0 Å². The lowest BCUT2D eigenvalue weighted by Gasteiger charge is -2.17. The Hall–Kier alpha value is -3.14. The number of ether oxygens (including phenoxy) is 2. The van der Waals surface area contributed by atoms with E-state index < -0.39 is 11.9 Å². The van der Waals surface area contributed by atoms with Gasteiger partial charge < -0.3 is 9.47 Å². The molecule has 0 fully saturated rings. The highest BCUT2D eigenvalue weighted by Gasteiger charge is 2.27. The first kappa shape index (κ1) is 12.6. The maximum Gasteiger partial charge on any atom is 0.345 e. The monoisotopic (exact) mass is 290 g/mol. The maximum atomic E-state index is 12.6. The van der Waals surface area contributed by atoms with Crippen LogP contribution in [0.5, 0.6) is 11.5 Å². The Kier molecular flexibility index (Phi) is 2.69. The molecule has 0 bridgehead atoms. The molecule has 1 heterocycles. The molecular formula is C18H10O4. The van der Waals surface area contributed by atoms with Gasteiger partial charge in [0.05, 0.1) is 11.1 Å².